The van der Waals surface area contributed by atoms with Gasteiger partial charge in [-0.15, -0.1) is 0 Å². The van der Waals surface area contributed by atoms with E-state index in [-0.39, 0.29) is 0 Å². The summed E-state index contributed by atoms with van der Waals surface area (Å²) in [7, 11) is 1.66. The number of benzene rings is 2. The fourth-order valence-electron chi connectivity index (χ4n) is 2.85. The molecule has 0 atom stereocenters. The van der Waals surface area contributed by atoms with Crippen molar-refractivity contribution in [2.24, 2.45) is 0 Å². The zero-order chi connectivity index (χ0) is 19.1. The molecule has 0 amide bonds. The van der Waals surface area contributed by atoms with Gasteiger partial charge in [0.2, 0.25) is 0 Å². The van der Waals surface area contributed by atoms with Crippen molar-refractivity contribution in [3.05, 3.63) is 89.7 Å². The highest BCUT2D eigenvalue weighted by molar-refractivity contribution is 7.80. The Hall–Kier alpha value is -2.92. The first kappa shape index (κ1) is 18.9. The van der Waals surface area contributed by atoms with Crippen LogP contribution in [-0.4, -0.2) is 22.1 Å². The summed E-state index contributed by atoms with van der Waals surface area (Å²) >= 11 is 5.72. The molecule has 1 heterocycles. The second kappa shape index (κ2) is 9.14. The summed E-state index contributed by atoms with van der Waals surface area (Å²) < 4.78 is 5.30. The Bertz CT molecular complexity index is 899. The summed E-state index contributed by atoms with van der Waals surface area (Å²) in [6, 6.07) is 20.2. The van der Waals surface area contributed by atoms with Crippen LogP contribution in [0.1, 0.15) is 16.7 Å². The molecule has 0 fully saturated rings. The Morgan fingerprint density at radius 1 is 1.04 bits per heavy atom. The maximum absolute atomic E-state index is 5.72. The van der Waals surface area contributed by atoms with Gasteiger partial charge >= 0.3 is 0 Å². The maximum atomic E-state index is 5.72. The molecular formula is C22H23N3OS. The second-order valence-corrected chi connectivity index (χ2v) is 6.76. The van der Waals surface area contributed by atoms with Crippen LogP contribution in [0.15, 0.2) is 73.1 Å². The van der Waals surface area contributed by atoms with Gasteiger partial charge in [-0.25, -0.2) is 0 Å². The average Bonchev–Trinajstić information content (AvgIpc) is 2.68. The predicted octanol–water partition coefficient (Wildman–Crippen LogP) is 4.80. The molecule has 0 aliphatic carbocycles. The standard InChI is InChI=1S/C22H23N3OS/c1-17-6-3-7-18(12-17)15-25(16-19-8-5-11-23-14-19)22(27)24-20-9-4-10-21(13-20)26-2/h3-14H,15-16H2,1-2H3,(H,24,27). The molecule has 0 aliphatic heterocycles. The number of hydrogen-bond donors (Lipinski definition) is 1. The van der Waals surface area contributed by atoms with Crippen LogP contribution in [0.2, 0.25) is 0 Å². The molecule has 4 nitrogen and oxygen atoms in total. The van der Waals surface area contributed by atoms with Crippen molar-refractivity contribution in [3.63, 3.8) is 0 Å². The minimum absolute atomic E-state index is 0.661. The molecule has 27 heavy (non-hydrogen) atoms. The number of nitrogens with one attached hydrogen (secondary N) is 1. The summed E-state index contributed by atoms with van der Waals surface area (Å²) in [6.07, 6.45) is 3.65. The van der Waals surface area contributed by atoms with Gasteiger partial charge in [0.05, 0.1) is 7.11 Å². The van der Waals surface area contributed by atoms with E-state index in [0.717, 1.165) is 17.0 Å². The molecule has 0 bridgehead atoms. The third-order valence-corrected chi connectivity index (χ3v) is 4.52. The lowest BCUT2D eigenvalue weighted by Crippen LogP contribution is -2.33. The van der Waals surface area contributed by atoms with E-state index in [0.29, 0.717) is 18.2 Å². The molecular weight excluding hydrogens is 354 g/mol. The average molecular weight is 378 g/mol. The lowest BCUT2D eigenvalue weighted by molar-refractivity contribution is 0.411. The molecule has 3 rings (SSSR count). The molecule has 0 radical (unpaired) electrons. The first-order valence-corrected chi connectivity index (χ1v) is 9.19. The summed E-state index contributed by atoms with van der Waals surface area (Å²) in [5.41, 5.74) is 4.47. The van der Waals surface area contributed by atoms with Crippen molar-refractivity contribution < 1.29 is 4.74 Å². The number of rotatable bonds is 6. The van der Waals surface area contributed by atoms with Crippen molar-refractivity contribution >= 4 is 23.0 Å². The minimum atomic E-state index is 0.661. The number of hydrogen-bond acceptors (Lipinski definition) is 3. The lowest BCUT2D eigenvalue weighted by Gasteiger charge is -2.26. The summed E-state index contributed by atoms with van der Waals surface area (Å²) in [4.78, 5) is 6.36. The highest BCUT2D eigenvalue weighted by Crippen LogP contribution is 2.19. The number of anilines is 1. The molecule has 0 aliphatic rings. The molecule has 0 saturated heterocycles. The van der Waals surface area contributed by atoms with Crippen molar-refractivity contribution in [1.29, 1.82) is 0 Å². The molecule has 2 aromatic carbocycles. The van der Waals surface area contributed by atoms with E-state index >= 15 is 0 Å². The Labute approximate surface area is 165 Å². The molecule has 1 N–H and O–H groups in total. The number of pyridine rings is 1. The van der Waals surface area contributed by atoms with Crippen LogP contribution in [0.4, 0.5) is 5.69 Å². The van der Waals surface area contributed by atoms with Gasteiger partial charge < -0.3 is 15.0 Å². The van der Waals surface area contributed by atoms with E-state index in [2.05, 4.69) is 52.5 Å². The second-order valence-electron chi connectivity index (χ2n) is 6.37. The van der Waals surface area contributed by atoms with Gasteiger partial charge in [-0.1, -0.05) is 42.0 Å². The van der Waals surface area contributed by atoms with E-state index < -0.39 is 0 Å². The van der Waals surface area contributed by atoms with Crippen LogP contribution in [0.25, 0.3) is 0 Å². The van der Waals surface area contributed by atoms with Crippen molar-refractivity contribution in [2.45, 2.75) is 20.0 Å². The Morgan fingerprint density at radius 3 is 2.56 bits per heavy atom. The number of thiocarbonyl (C=S) groups is 1. The summed E-state index contributed by atoms with van der Waals surface area (Å²) in [5, 5.41) is 3.99. The van der Waals surface area contributed by atoms with Crippen LogP contribution in [0.3, 0.4) is 0 Å². The number of methoxy groups -OCH3 is 1. The summed E-state index contributed by atoms with van der Waals surface area (Å²) in [6.45, 7) is 3.49. The first-order chi connectivity index (χ1) is 13.1. The van der Waals surface area contributed by atoms with Crippen molar-refractivity contribution in [3.8, 4) is 5.75 Å². The monoisotopic (exact) mass is 377 g/mol. The van der Waals surface area contributed by atoms with Crippen LogP contribution in [-0.2, 0) is 13.1 Å². The molecule has 1 aromatic heterocycles. The van der Waals surface area contributed by atoms with E-state index in [9.17, 15) is 0 Å². The Kier molecular flexibility index (Phi) is 6.39. The van der Waals surface area contributed by atoms with Crippen molar-refractivity contribution in [2.75, 3.05) is 12.4 Å². The normalized spacial score (nSPS) is 10.3. The Balaban J connectivity index is 1.80. The number of nitrogens with zero attached hydrogens (tertiary/aromatic N) is 2. The van der Waals surface area contributed by atoms with Crippen LogP contribution in [0.5, 0.6) is 5.75 Å². The molecule has 138 valence electrons. The highest BCUT2D eigenvalue weighted by Gasteiger charge is 2.12. The van der Waals surface area contributed by atoms with Gasteiger partial charge in [0.25, 0.3) is 0 Å². The SMILES string of the molecule is COc1cccc(NC(=S)N(Cc2cccnc2)Cc2cccc(C)c2)c1. The van der Waals surface area contributed by atoms with Crippen LogP contribution < -0.4 is 10.1 Å². The van der Waals surface area contributed by atoms with Crippen LogP contribution in [0, 0.1) is 6.92 Å². The van der Waals surface area contributed by atoms with Crippen molar-refractivity contribution in [1.82, 2.24) is 9.88 Å². The summed E-state index contributed by atoms with van der Waals surface area (Å²) in [5.74, 6) is 0.792. The number of ether oxygens (including phenoxy) is 1. The van der Waals surface area contributed by atoms with Gasteiger partial charge in [-0.3, -0.25) is 4.98 Å². The first-order valence-electron chi connectivity index (χ1n) is 8.78. The van der Waals surface area contributed by atoms with Gasteiger partial charge in [-0.2, -0.15) is 0 Å². The minimum Gasteiger partial charge on any atom is -0.497 e. The van der Waals surface area contributed by atoms with Gasteiger partial charge in [-0.05, 0) is 48.5 Å². The zero-order valence-corrected chi connectivity index (χ0v) is 16.4. The molecule has 0 saturated carbocycles. The van der Waals surface area contributed by atoms with E-state index in [1.165, 1.54) is 11.1 Å². The molecule has 5 heteroatoms. The number of aromatic nitrogens is 1. The van der Waals surface area contributed by atoms with E-state index in [1.807, 2.05) is 36.5 Å². The predicted molar refractivity (Wildman–Crippen MR) is 114 cm³/mol. The van der Waals surface area contributed by atoms with Gasteiger partial charge in [0.15, 0.2) is 5.11 Å². The smallest absolute Gasteiger partial charge is 0.174 e. The van der Waals surface area contributed by atoms with Gasteiger partial charge in [0.1, 0.15) is 5.75 Å². The third kappa shape index (κ3) is 5.53. The lowest BCUT2D eigenvalue weighted by atomic mass is 10.1. The highest BCUT2D eigenvalue weighted by atomic mass is 32.1. The molecule has 3 aromatic rings. The quantitative estimate of drug-likeness (QED) is 0.625. The fraction of sp³-hybridized carbons (Fsp3) is 0.182. The Morgan fingerprint density at radius 2 is 1.81 bits per heavy atom. The fourth-order valence-corrected chi connectivity index (χ4v) is 3.09. The number of aryl methyl sites for hydroxylation is 1. The zero-order valence-electron chi connectivity index (χ0n) is 15.6. The maximum Gasteiger partial charge on any atom is 0.174 e. The van der Waals surface area contributed by atoms with Crippen LogP contribution >= 0.6 is 12.2 Å². The van der Waals surface area contributed by atoms with E-state index in [1.54, 1.807) is 13.3 Å². The van der Waals surface area contributed by atoms with E-state index in [4.69, 9.17) is 17.0 Å². The molecule has 0 spiro atoms. The topological polar surface area (TPSA) is 37.4 Å². The van der Waals surface area contributed by atoms with Gasteiger partial charge in [0, 0.05) is 37.2 Å². The molecule has 0 unspecified atom stereocenters. The largest absolute Gasteiger partial charge is 0.497 e. The third-order valence-electron chi connectivity index (χ3n) is 4.16.